The van der Waals surface area contributed by atoms with E-state index in [1.807, 2.05) is 13.8 Å². The van der Waals surface area contributed by atoms with Crippen LogP contribution in [0.4, 0.5) is 0 Å². The molecule has 0 aliphatic rings. The van der Waals surface area contributed by atoms with Crippen LogP contribution in [0, 0.1) is 0 Å². The summed E-state index contributed by atoms with van der Waals surface area (Å²) in [5.74, 6) is 0.248. The van der Waals surface area contributed by atoms with E-state index in [0.717, 1.165) is 0 Å². The van der Waals surface area contributed by atoms with E-state index in [9.17, 15) is 9.90 Å². The number of amides is 1. The summed E-state index contributed by atoms with van der Waals surface area (Å²) in [7, 11) is 0. The third kappa shape index (κ3) is 3.88. The minimum absolute atomic E-state index is 0.105. The third-order valence-corrected chi connectivity index (χ3v) is 3.25. The third-order valence-electron chi connectivity index (χ3n) is 2.97. The lowest BCUT2D eigenvalue weighted by atomic mass is 9.98. The van der Waals surface area contributed by atoms with Crippen LogP contribution >= 0.6 is 11.6 Å². The molecule has 19 heavy (non-hydrogen) atoms. The van der Waals surface area contributed by atoms with E-state index in [0.29, 0.717) is 5.82 Å². The lowest BCUT2D eigenvalue weighted by Gasteiger charge is -2.29. The summed E-state index contributed by atoms with van der Waals surface area (Å²) in [6.07, 6.45) is 0.732. The molecule has 1 amide bonds. The van der Waals surface area contributed by atoms with Crippen LogP contribution in [0.25, 0.3) is 0 Å². The first kappa shape index (κ1) is 15.9. The Kier molecular flexibility index (Phi) is 4.87. The lowest BCUT2D eigenvalue weighted by molar-refractivity contribution is 0.0705. The SMILES string of the molecule is CC(C)c1ncc(Cl)c(C(=O)NC(C)(C)C(C)O)n1. The van der Waals surface area contributed by atoms with Gasteiger partial charge < -0.3 is 10.4 Å². The number of nitrogens with zero attached hydrogens (tertiary/aromatic N) is 2. The number of nitrogens with one attached hydrogen (secondary N) is 1. The molecule has 1 aromatic rings. The molecule has 1 unspecified atom stereocenters. The molecular formula is C13H20ClN3O2. The monoisotopic (exact) mass is 285 g/mol. The Bertz CT molecular complexity index is 473. The van der Waals surface area contributed by atoms with E-state index >= 15 is 0 Å². The van der Waals surface area contributed by atoms with Gasteiger partial charge in [-0.15, -0.1) is 0 Å². The Labute approximate surface area is 118 Å². The molecule has 0 aliphatic carbocycles. The Morgan fingerprint density at radius 3 is 2.47 bits per heavy atom. The Balaban J connectivity index is 3.03. The summed E-state index contributed by atoms with van der Waals surface area (Å²) in [5.41, 5.74) is -0.627. The number of aliphatic hydroxyl groups is 1. The highest BCUT2D eigenvalue weighted by atomic mass is 35.5. The van der Waals surface area contributed by atoms with E-state index in [-0.39, 0.29) is 16.6 Å². The fourth-order valence-corrected chi connectivity index (χ4v) is 1.45. The predicted molar refractivity (Wildman–Crippen MR) is 74.4 cm³/mol. The number of halogens is 1. The van der Waals surface area contributed by atoms with Gasteiger partial charge in [0.25, 0.3) is 5.91 Å². The van der Waals surface area contributed by atoms with Crippen LogP contribution in [0.1, 0.15) is 56.8 Å². The van der Waals surface area contributed by atoms with Crippen LogP contribution in [0.5, 0.6) is 0 Å². The summed E-state index contributed by atoms with van der Waals surface area (Å²) in [6, 6.07) is 0. The normalized spacial score (nSPS) is 13.5. The number of carbonyl (C=O) groups is 1. The zero-order chi connectivity index (χ0) is 14.8. The first-order chi connectivity index (χ1) is 8.65. The van der Waals surface area contributed by atoms with Crippen molar-refractivity contribution in [3.8, 4) is 0 Å². The van der Waals surface area contributed by atoms with Gasteiger partial charge in [-0.3, -0.25) is 4.79 Å². The first-order valence-corrected chi connectivity index (χ1v) is 6.56. The molecule has 0 aliphatic heterocycles. The van der Waals surface area contributed by atoms with E-state index < -0.39 is 17.6 Å². The highest BCUT2D eigenvalue weighted by Gasteiger charge is 2.28. The molecule has 0 spiro atoms. The Morgan fingerprint density at radius 1 is 1.42 bits per heavy atom. The maximum atomic E-state index is 12.2. The van der Waals surface area contributed by atoms with Crippen LogP contribution in [0.3, 0.4) is 0 Å². The molecule has 1 rings (SSSR count). The van der Waals surface area contributed by atoms with E-state index in [2.05, 4.69) is 15.3 Å². The minimum Gasteiger partial charge on any atom is -0.391 e. The predicted octanol–water partition coefficient (Wildman–Crippen LogP) is 2.14. The van der Waals surface area contributed by atoms with Crippen molar-refractivity contribution in [2.24, 2.45) is 0 Å². The zero-order valence-electron chi connectivity index (χ0n) is 11.9. The second-order valence-electron chi connectivity index (χ2n) is 5.43. The second kappa shape index (κ2) is 5.84. The van der Waals surface area contributed by atoms with Crippen molar-refractivity contribution in [1.82, 2.24) is 15.3 Å². The van der Waals surface area contributed by atoms with Crippen molar-refractivity contribution in [2.75, 3.05) is 0 Å². The molecule has 0 saturated heterocycles. The van der Waals surface area contributed by atoms with Gasteiger partial charge in [-0.1, -0.05) is 25.4 Å². The van der Waals surface area contributed by atoms with E-state index in [1.165, 1.54) is 6.20 Å². The first-order valence-electron chi connectivity index (χ1n) is 6.18. The quantitative estimate of drug-likeness (QED) is 0.889. The maximum absolute atomic E-state index is 12.2. The summed E-state index contributed by atoms with van der Waals surface area (Å²) in [5, 5.41) is 12.5. The zero-order valence-corrected chi connectivity index (χ0v) is 12.6. The van der Waals surface area contributed by atoms with Gasteiger partial charge in [-0.05, 0) is 20.8 Å². The summed E-state index contributed by atoms with van der Waals surface area (Å²) in [6.45, 7) is 8.94. The van der Waals surface area contributed by atoms with Crippen LogP contribution in [0.2, 0.25) is 5.02 Å². The van der Waals surface area contributed by atoms with Crippen LogP contribution < -0.4 is 5.32 Å². The maximum Gasteiger partial charge on any atom is 0.272 e. The largest absolute Gasteiger partial charge is 0.391 e. The topological polar surface area (TPSA) is 75.1 Å². The molecule has 1 atom stereocenters. The average Bonchev–Trinajstić information content (AvgIpc) is 2.28. The molecule has 6 heteroatoms. The van der Waals surface area contributed by atoms with Crippen LogP contribution in [-0.4, -0.2) is 32.6 Å². The second-order valence-corrected chi connectivity index (χ2v) is 5.84. The number of hydrogen-bond acceptors (Lipinski definition) is 4. The van der Waals surface area contributed by atoms with Crippen molar-refractivity contribution in [1.29, 1.82) is 0 Å². The molecule has 0 aromatic carbocycles. The Morgan fingerprint density at radius 2 is 2.00 bits per heavy atom. The molecule has 1 heterocycles. The van der Waals surface area contributed by atoms with E-state index in [4.69, 9.17) is 11.6 Å². The number of carbonyl (C=O) groups excluding carboxylic acids is 1. The smallest absolute Gasteiger partial charge is 0.272 e. The standard InChI is InChI=1S/C13H20ClN3O2/c1-7(2)11-15-6-9(14)10(16-11)12(19)17-13(4,5)8(3)18/h6-8,18H,1-5H3,(H,17,19). The van der Waals surface area contributed by atoms with Gasteiger partial charge in [0.15, 0.2) is 0 Å². The molecule has 0 saturated carbocycles. The van der Waals surface area contributed by atoms with Gasteiger partial charge in [-0.2, -0.15) is 0 Å². The fourth-order valence-electron chi connectivity index (χ4n) is 1.27. The summed E-state index contributed by atoms with van der Waals surface area (Å²) < 4.78 is 0. The number of aliphatic hydroxyl groups excluding tert-OH is 1. The van der Waals surface area contributed by atoms with Gasteiger partial charge in [0, 0.05) is 5.92 Å². The number of hydrogen-bond donors (Lipinski definition) is 2. The molecular weight excluding hydrogens is 266 g/mol. The van der Waals surface area contributed by atoms with Gasteiger partial charge in [-0.25, -0.2) is 9.97 Å². The molecule has 0 radical (unpaired) electrons. The minimum atomic E-state index is -0.761. The lowest BCUT2D eigenvalue weighted by Crippen LogP contribution is -2.51. The van der Waals surface area contributed by atoms with Crippen LogP contribution in [0.15, 0.2) is 6.20 Å². The van der Waals surface area contributed by atoms with Crippen LogP contribution in [-0.2, 0) is 0 Å². The van der Waals surface area contributed by atoms with Crippen molar-refractivity contribution in [3.63, 3.8) is 0 Å². The summed E-state index contributed by atoms with van der Waals surface area (Å²) >= 11 is 5.96. The summed E-state index contributed by atoms with van der Waals surface area (Å²) in [4.78, 5) is 20.4. The van der Waals surface area contributed by atoms with Gasteiger partial charge in [0.2, 0.25) is 0 Å². The number of aromatic nitrogens is 2. The fraction of sp³-hybridized carbons (Fsp3) is 0.615. The van der Waals surface area contributed by atoms with Gasteiger partial charge in [0.1, 0.15) is 11.5 Å². The van der Waals surface area contributed by atoms with Gasteiger partial charge >= 0.3 is 0 Å². The molecule has 0 bridgehead atoms. The van der Waals surface area contributed by atoms with Crippen molar-refractivity contribution in [2.45, 2.75) is 52.2 Å². The van der Waals surface area contributed by atoms with Gasteiger partial charge in [0.05, 0.1) is 22.9 Å². The van der Waals surface area contributed by atoms with Crippen molar-refractivity contribution < 1.29 is 9.90 Å². The highest BCUT2D eigenvalue weighted by Crippen LogP contribution is 2.18. The molecule has 2 N–H and O–H groups in total. The highest BCUT2D eigenvalue weighted by molar-refractivity contribution is 6.33. The molecule has 106 valence electrons. The molecule has 0 fully saturated rings. The Hall–Kier alpha value is -1.20. The van der Waals surface area contributed by atoms with Crippen molar-refractivity contribution >= 4 is 17.5 Å². The van der Waals surface area contributed by atoms with E-state index in [1.54, 1.807) is 20.8 Å². The number of rotatable bonds is 4. The molecule has 5 nitrogen and oxygen atoms in total. The van der Waals surface area contributed by atoms with Crippen molar-refractivity contribution in [3.05, 3.63) is 22.7 Å². The average molecular weight is 286 g/mol. The molecule has 1 aromatic heterocycles.